The highest BCUT2D eigenvalue weighted by Gasteiger charge is 2.13. The van der Waals surface area contributed by atoms with Gasteiger partial charge in [-0.2, -0.15) is 0 Å². The van der Waals surface area contributed by atoms with Crippen LogP contribution >= 0.6 is 11.6 Å². The Bertz CT molecular complexity index is 307. The SMILES string of the molecule is CN1CCN(Nc2ncc(Cl)cn2)CC1. The van der Waals surface area contributed by atoms with Gasteiger partial charge in [-0.25, -0.2) is 15.0 Å². The summed E-state index contributed by atoms with van der Waals surface area (Å²) in [6.07, 6.45) is 3.18. The molecule has 0 aliphatic carbocycles. The van der Waals surface area contributed by atoms with Gasteiger partial charge in [-0.3, -0.25) is 5.43 Å². The van der Waals surface area contributed by atoms with Crippen molar-refractivity contribution in [2.24, 2.45) is 0 Å². The van der Waals surface area contributed by atoms with E-state index in [1.165, 1.54) is 0 Å². The molecule has 0 atom stereocenters. The summed E-state index contributed by atoms with van der Waals surface area (Å²) in [6, 6.07) is 0. The van der Waals surface area contributed by atoms with Gasteiger partial charge in [-0.05, 0) is 7.05 Å². The predicted molar refractivity (Wildman–Crippen MR) is 59.7 cm³/mol. The quantitative estimate of drug-likeness (QED) is 0.806. The third-order valence-electron chi connectivity index (χ3n) is 2.38. The monoisotopic (exact) mass is 227 g/mol. The van der Waals surface area contributed by atoms with E-state index in [-0.39, 0.29) is 0 Å². The lowest BCUT2D eigenvalue weighted by Crippen LogP contribution is -2.47. The fraction of sp³-hybridized carbons (Fsp3) is 0.556. The number of rotatable bonds is 2. The first-order valence-electron chi connectivity index (χ1n) is 4.92. The predicted octanol–water partition coefficient (Wildman–Crippen LogP) is 0.704. The Kier molecular flexibility index (Phi) is 3.35. The number of halogens is 1. The minimum absolute atomic E-state index is 0.555. The average molecular weight is 228 g/mol. The molecule has 82 valence electrons. The van der Waals surface area contributed by atoms with Gasteiger partial charge >= 0.3 is 0 Å². The van der Waals surface area contributed by atoms with E-state index in [2.05, 4.69) is 32.4 Å². The topological polar surface area (TPSA) is 44.3 Å². The van der Waals surface area contributed by atoms with E-state index >= 15 is 0 Å². The minimum Gasteiger partial charge on any atom is -0.304 e. The Morgan fingerprint density at radius 3 is 2.40 bits per heavy atom. The molecule has 1 fully saturated rings. The van der Waals surface area contributed by atoms with Crippen molar-refractivity contribution in [3.8, 4) is 0 Å². The molecule has 1 saturated heterocycles. The Balaban J connectivity index is 1.89. The second kappa shape index (κ2) is 4.74. The summed E-state index contributed by atoms with van der Waals surface area (Å²) in [4.78, 5) is 10.5. The van der Waals surface area contributed by atoms with Gasteiger partial charge in [0.25, 0.3) is 0 Å². The first-order chi connectivity index (χ1) is 7.24. The number of nitrogens with zero attached hydrogens (tertiary/aromatic N) is 4. The number of hydrogen-bond acceptors (Lipinski definition) is 5. The molecule has 15 heavy (non-hydrogen) atoms. The molecule has 1 aromatic rings. The molecule has 1 N–H and O–H groups in total. The van der Waals surface area contributed by atoms with Crippen LogP contribution < -0.4 is 5.43 Å². The number of hydrogen-bond donors (Lipinski definition) is 1. The zero-order valence-electron chi connectivity index (χ0n) is 8.65. The van der Waals surface area contributed by atoms with Crippen molar-refractivity contribution in [3.05, 3.63) is 17.4 Å². The highest BCUT2D eigenvalue weighted by molar-refractivity contribution is 6.30. The van der Waals surface area contributed by atoms with Crippen molar-refractivity contribution in [2.45, 2.75) is 0 Å². The molecular weight excluding hydrogens is 214 g/mol. The first-order valence-corrected chi connectivity index (χ1v) is 5.29. The molecule has 0 spiro atoms. The third kappa shape index (κ3) is 3.02. The highest BCUT2D eigenvalue weighted by Crippen LogP contribution is 2.07. The Morgan fingerprint density at radius 2 is 1.80 bits per heavy atom. The van der Waals surface area contributed by atoms with Crippen LogP contribution in [0.3, 0.4) is 0 Å². The Morgan fingerprint density at radius 1 is 1.20 bits per heavy atom. The third-order valence-corrected chi connectivity index (χ3v) is 2.58. The summed E-state index contributed by atoms with van der Waals surface area (Å²) in [5.41, 5.74) is 3.15. The number of piperazine rings is 1. The van der Waals surface area contributed by atoms with Crippen molar-refractivity contribution in [1.29, 1.82) is 0 Å². The van der Waals surface area contributed by atoms with Crippen LogP contribution in [0.15, 0.2) is 12.4 Å². The zero-order chi connectivity index (χ0) is 10.7. The van der Waals surface area contributed by atoms with Gasteiger partial charge in [0.1, 0.15) is 0 Å². The molecule has 0 unspecified atom stereocenters. The van der Waals surface area contributed by atoms with E-state index in [4.69, 9.17) is 11.6 Å². The zero-order valence-corrected chi connectivity index (χ0v) is 9.41. The summed E-state index contributed by atoms with van der Waals surface area (Å²) >= 11 is 5.70. The number of anilines is 1. The first kappa shape index (κ1) is 10.6. The molecule has 2 heterocycles. The van der Waals surface area contributed by atoms with Gasteiger partial charge in [-0.15, -0.1) is 0 Å². The summed E-state index contributed by atoms with van der Waals surface area (Å²) in [5, 5.41) is 2.67. The molecule has 0 aromatic carbocycles. The van der Waals surface area contributed by atoms with E-state index in [1.54, 1.807) is 12.4 Å². The van der Waals surface area contributed by atoms with Crippen LogP contribution in [-0.2, 0) is 0 Å². The maximum absolute atomic E-state index is 5.70. The van der Waals surface area contributed by atoms with Gasteiger partial charge < -0.3 is 4.90 Å². The van der Waals surface area contributed by atoms with Crippen LogP contribution in [0.25, 0.3) is 0 Å². The standard InChI is InChI=1S/C9H14ClN5/c1-14-2-4-15(5-3-14)13-9-11-6-8(10)7-12-9/h6-7H,2-5H2,1H3,(H,11,12,13). The molecule has 0 amide bonds. The molecule has 0 bridgehead atoms. The lowest BCUT2D eigenvalue weighted by Gasteiger charge is -2.32. The number of aromatic nitrogens is 2. The molecular formula is C9H14ClN5. The maximum Gasteiger partial charge on any atom is 0.237 e. The minimum atomic E-state index is 0.555. The molecule has 2 rings (SSSR count). The van der Waals surface area contributed by atoms with Gasteiger partial charge in [0.05, 0.1) is 17.4 Å². The van der Waals surface area contributed by atoms with Gasteiger partial charge in [0, 0.05) is 26.2 Å². The van der Waals surface area contributed by atoms with E-state index in [9.17, 15) is 0 Å². The molecule has 1 aromatic heterocycles. The van der Waals surface area contributed by atoms with Crippen LogP contribution in [0.5, 0.6) is 0 Å². The van der Waals surface area contributed by atoms with Crippen LogP contribution in [0, 0.1) is 0 Å². The van der Waals surface area contributed by atoms with E-state index in [1.807, 2.05) is 0 Å². The summed E-state index contributed by atoms with van der Waals surface area (Å²) in [5.74, 6) is 0.601. The van der Waals surface area contributed by atoms with Crippen molar-refractivity contribution in [3.63, 3.8) is 0 Å². The van der Waals surface area contributed by atoms with Crippen LogP contribution in [0.4, 0.5) is 5.95 Å². The fourth-order valence-electron chi connectivity index (χ4n) is 1.43. The van der Waals surface area contributed by atoms with Gasteiger partial charge in [0.15, 0.2) is 0 Å². The van der Waals surface area contributed by atoms with Gasteiger partial charge in [-0.1, -0.05) is 11.6 Å². The van der Waals surface area contributed by atoms with Crippen LogP contribution in [-0.4, -0.2) is 53.1 Å². The molecule has 5 nitrogen and oxygen atoms in total. The number of likely N-dealkylation sites (N-methyl/N-ethyl adjacent to an activating group) is 1. The molecule has 6 heteroatoms. The highest BCUT2D eigenvalue weighted by atomic mass is 35.5. The largest absolute Gasteiger partial charge is 0.304 e. The molecule has 1 aliphatic rings. The van der Waals surface area contributed by atoms with E-state index < -0.39 is 0 Å². The van der Waals surface area contributed by atoms with Crippen molar-refractivity contribution in [2.75, 3.05) is 38.7 Å². The van der Waals surface area contributed by atoms with Crippen molar-refractivity contribution >= 4 is 17.5 Å². The number of hydrazine groups is 1. The van der Waals surface area contributed by atoms with Crippen LogP contribution in [0.1, 0.15) is 0 Å². The van der Waals surface area contributed by atoms with Crippen molar-refractivity contribution < 1.29 is 0 Å². The second-order valence-corrected chi connectivity index (χ2v) is 4.06. The Hall–Kier alpha value is -0.910. The van der Waals surface area contributed by atoms with Crippen LogP contribution in [0.2, 0.25) is 5.02 Å². The smallest absolute Gasteiger partial charge is 0.237 e. The summed E-state index contributed by atoms with van der Waals surface area (Å²) in [7, 11) is 2.12. The second-order valence-electron chi connectivity index (χ2n) is 3.63. The summed E-state index contributed by atoms with van der Waals surface area (Å²) in [6.45, 7) is 4.06. The molecule has 1 aliphatic heterocycles. The number of nitrogens with one attached hydrogen (secondary N) is 1. The normalized spacial score (nSPS) is 19.1. The molecule has 0 saturated carbocycles. The summed E-state index contributed by atoms with van der Waals surface area (Å²) < 4.78 is 0. The molecule has 0 radical (unpaired) electrons. The van der Waals surface area contributed by atoms with E-state index in [0.717, 1.165) is 26.2 Å². The lowest BCUT2D eigenvalue weighted by molar-refractivity contribution is 0.178. The van der Waals surface area contributed by atoms with Crippen molar-refractivity contribution in [1.82, 2.24) is 19.9 Å². The fourth-order valence-corrected chi connectivity index (χ4v) is 1.53. The van der Waals surface area contributed by atoms with E-state index in [0.29, 0.717) is 11.0 Å². The lowest BCUT2D eigenvalue weighted by atomic mass is 10.4. The average Bonchev–Trinajstić information content (AvgIpc) is 2.25. The van der Waals surface area contributed by atoms with Gasteiger partial charge in [0.2, 0.25) is 5.95 Å². The Labute approximate surface area is 94.0 Å². The maximum atomic E-state index is 5.70.